The van der Waals surface area contributed by atoms with Crippen LogP contribution in [-0.4, -0.2) is 9.97 Å². The van der Waals surface area contributed by atoms with Crippen molar-refractivity contribution in [2.75, 3.05) is 5.73 Å². The Morgan fingerprint density at radius 3 is 2.47 bits per heavy atom. The summed E-state index contributed by atoms with van der Waals surface area (Å²) in [5.74, 6) is 2.14. The molecule has 0 fully saturated rings. The van der Waals surface area contributed by atoms with E-state index < -0.39 is 0 Å². The number of aromatic nitrogens is 2. The van der Waals surface area contributed by atoms with Crippen LogP contribution in [0.15, 0.2) is 33.6 Å². The number of benzene rings is 1. The highest BCUT2D eigenvalue weighted by atomic mass is 79.9. The topological polar surface area (TPSA) is 51.8 Å². The molecule has 0 atom stereocenters. The first kappa shape index (κ1) is 14.3. The maximum atomic E-state index is 5.95. The van der Waals surface area contributed by atoms with Gasteiger partial charge in [-0.25, -0.2) is 9.97 Å². The second kappa shape index (κ2) is 6.39. The van der Waals surface area contributed by atoms with Crippen molar-refractivity contribution in [3.8, 4) is 0 Å². The van der Waals surface area contributed by atoms with Crippen LogP contribution >= 0.6 is 27.7 Å². The molecule has 0 amide bonds. The first-order valence-electron chi connectivity index (χ1n) is 6.10. The average molecular weight is 338 g/mol. The second-order valence-electron chi connectivity index (χ2n) is 4.19. The monoisotopic (exact) mass is 337 g/mol. The van der Waals surface area contributed by atoms with Gasteiger partial charge in [-0.2, -0.15) is 0 Å². The quantitative estimate of drug-likeness (QED) is 0.857. The third-order valence-electron chi connectivity index (χ3n) is 2.83. The number of aryl methyl sites for hydroxylation is 1. The van der Waals surface area contributed by atoms with Crippen LogP contribution in [0, 0.1) is 6.92 Å². The van der Waals surface area contributed by atoms with E-state index in [0.29, 0.717) is 5.82 Å². The lowest BCUT2D eigenvalue weighted by Gasteiger charge is -2.08. The Kier molecular flexibility index (Phi) is 4.82. The smallest absolute Gasteiger partial charge is 0.141 e. The molecular weight excluding hydrogens is 322 g/mol. The first-order valence-corrected chi connectivity index (χ1v) is 7.88. The molecule has 0 aliphatic heterocycles. The number of hydrogen-bond acceptors (Lipinski definition) is 4. The number of hydrogen-bond donors (Lipinski definition) is 1. The van der Waals surface area contributed by atoms with Crippen molar-refractivity contribution in [3.05, 3.63) is 45.8 Å². The van der Waals surface area contributed by atoms with Gasteiger partial charge in [-0.15, -0.1) is 11.8 Å². The van der Waals surface area contributed by atoms with Gasteiger partial charge in [-0.05, 0) is 37.6 Å². The molecule has 1 aromatic carbocycles. The minimum Gasteiger partial charge on any atom is -0.383 e. The highest BCUT2D eigenvalue weighted by Crippen LogP contribution is 2.24. The van der Waals surface area contributed by atoms with E-state index in [1.165, 1.54) is 4.90 Å². The Balaban J connectivity index is 2.09. The summed E-state index contributed by atoms with van der Waals surface area (Å²) in [5.41, 5.74) is 8.00. The van der Waals surface area contributed by atoms with Crippen LogP contribution in [0.3, 0.4) is 0 Å². The number of thioether (sulfide) groups is 1. The lowest BCUT2D eigenvalue weighted by molar-refractivity contribution is 0.947. The van der Waals surface area contributed by atoms with Crippen LogP contribution in [0.25, 0.3) is 0 Å². The zero-order valence-electron chi connectivity index (χ0n) is 11.0. The average Bonchev–Trinajstić information content (AvgIpc) is 2.38. The standard InChI is InChI=1S/C14H16BrN3S/c1-3-12-9(2)17-13(18-14(12)16)8-19-11-6-4-10(15)5-7-11/h4-7H,3,8H2,1-2H3,(H2,16,17,18). The molecule has 100 valence electrons. The predicted octanol–water partition coefficient (Wildman–Crippen LogP) is 3.98. The fraction of sp³-hybridized carbons (Fsp3) is 0.286. The van der Waals surface area contributed by atoms with Gasteiger partial charge in [-0.3, -0.25) is 0 Å². The highest BCUT2D eigenvalue weighted by molar-refractivity contribution is 9.10. The third-order valence-corrected chi connectivity index (χ3v) is 4.36. The van der Waals surface area contributed by atoms with Gasteiger partial charge in [0.2, 0.25) is 0 Å². The molecule has 0 spiro atoms. The number of nitrogens with zero attached hydrogens (tertiary/aromatic N) is 2. The number of rotatable bonds is 4. The van der Waals surface area contributed by atoms with E-state index in [1.807, 2.05) is 19.1 Å². The molecule has 2 rings (SSSR count). The Hall–Kier alpha value is -1.07. The Labute approximate surface area is 126 Å². The molecule has 1 heterocycles. The van der Waals surface area contributed by atoms with E-state index in [0.717, 1.165) is 33.7 Å². The van der Waals surface area contributed by atoms with E-state index in [1.54, 1.807) is 11.8 Å². The van der Waals surface area contributed by atoms with Gasteiger partial charge in [-0.1, -0.05) is 22.9 Å². The molecule has 5 heteroatoms. The molecular formula is C14H16BrN3S. The minimum atomic E-state index is 0.612. The van der Waals surface area contributed by atoms with Crippen LogP contribution in [0.1, 0.15) is 24.0 Å². The van der Waals surface area contributed by atoms with Crippen LogP contribution in [-0.2, 0) is 12.2 Å². The molecule has 0 aliphatic carbocycles. The lowest BCUT2D eigenvalue weighted by atomic mass is 10.2. The maximum absolute atomic E-state index is 5.95. The summed E-state index contributed by atoms with van der Waals surface area (Å²) in [6.45, 7) is 4.06. The Bertz CT molecular complexity index is 546. The molecule has 2 aromatic rings. The van der Waals surface area contributed by atoms with Gasteiger partial charge >= 0.3 is 0 Å². The van der Waals surface area contributed by atoms with Gasteiger partial charge < -0.3 is 5.73 Å². The van der Waals surface area contributed by atoms with Crippen molar-refractivity contribution in [3.63, 3.8) is 0 Å². The molecule has 0 bridgehead atoms. The van der Waals surface area contributed by atoms with Crippen LogP contribution in [0.5, 0.6) is 0 Å². The Morgan fingerprint density at radius 2 is 1.89 bits per heavy atom. The van der Waals surface area contributed by atoms with Gasteiger partial charge in [0, 0.05) is 20.6 Å². The van der Waals surface area contributed by atoms with Gasteiger partial charge in [0.25, 0.3) is 0 Å². The summed E-state index contributed by atoms with van der Waals surface area (Å²) in [6, 6.07) is 8.21. The van der Waals surface area contributed by atoms with Crippen molar-refractivity contribution < 1.29 is 0 Å². The number of nitrogens with two attached hydrogens (primary N) is 1. The summed E-state index contributed by atoms with van der Waals surface area (Å²) in [5, 5.41) is 0. The van der Waals surface area contributed by atoms with Gasteiger partial charge in [0.1, 0.15) is 11.6 Å². The number of halogens is 1. The van der Waals surface area contributed by atoms with Crippen molar-refractivity contribution >= 4 is 33.5 Å². The van der Waals surface area contributed by atoms with Crippen LogP contribution in [0.2, 0.25) is 0 Å². The van der Waals surface area contributed by atoms with E-state index in [-0.39, 0.29) is 0 Å². The van der Waals surface area contributed by atoms with Crippen LogP contribution in [0.4, 0.5) is 5.82 Å². The van der Waals surface area contributed by atoms with E-state index >= 15 is 0 Å². The molecule has 0 saturated carbocycles. The lowest BCUT2D eigenvalue weighted by Crippen LogP contribution is -2.06. The van der Waals surface area contributed by atoms with E-state index in [2.05, 4.69) is 45.0 Å². The highest BCUT2D eigenvalue weighted by Gasteiger charge is 2.07. The van der Waals surface area contributed by atoms with E-state index in [9.17, 15) is 0 Å². The zero-order valence-corrected chi connectivity index (χ0v) is 13.4. The van der Waals surface area contributed by atoms with Gasteiger partial charge in [0.05, 0.1) is 5.75 Å². The maximum Gasteiger partial charge on any atom is 0.141 e. The van der Waals surface area contributed by atoms with E-state index in [4.69, 9.17) is 5.73 Å². The fourth-order valence-electron chi connectivity index (χ4n) is 1.86. The van der Waals surface area contributed by atoms with Crippen molar-refractivity contribution in [2.45, 2.75) is 30.9 Å². The summed E-state index contributed by atoms with van der Waals surface area (Å²) >= 11 is 5.14. The summed E-state index contributed by atoms with van der Waals surface area (Å²) in [6.07, 6.45) is 0.873. The zero-order chi connectivity index (χ0) is 13.8. The van der Waals surface area contributed by atoms with Crippen molar-refractivity contribution in [1.82, 2.24) is 9.97 Å². The first-order chi connectivity index (χ1) is 9.10. The second-order valence-corrected chi connectivity index (χ2v) is 6.15. The number of nitrogen functional groups attached to an aromatic ring is 1. The molecule has 2 N–H and O–H groups in total. The van der Waals surface area contributed by atoms with Crippen molar-refractivity contribution in [1.29, 1.82) is 0 Å². The molecule has 0 aliphatic rings. The predicted molar refractivity (Wildman–Crippen MR) is 84.3 cm³/mol. The molecule has 19 heavy (non-hydrogen) atoms. The summed E-state index contributed by atoms with van der Waals surface area (Å²) in [4.78, 5) is 10.1. The fourth-order valence-corrected chi connectivity index (χ4v) is 2.88. The van der Waals surface area contributed by atoms with Gasteiger partial charge in [0.15, 0.2) is 0 Å². The molecule has 1 aromatic heterocycles. The third kappa shape index (κ3) is 3.70. The SMILES string of the molecule is CCc1c(C)nc(CSc2ccc(Br)cc2)nc1N. The largest absolute Gasteiger partial charge is 0.383 e. The summed E-state index contributed by atoms with van der Waals surface area (Å²) in [7, 11) is 0. The molecule has 0 saturated heterocycles. The minimum absolute atomic E-state index is 0.612. The molecule has 0 radical (unpaired) electrons. The number of anilines is 1. The molecule has 3 nitrogen and oxygen atoms in total. The van der Waals surface area contributed by atoms with Crippen molar-refractivity contribution in [2.24, 2.45) is 0 Å². The Morgan fingerprint density at radius 1 is 1.21 bits per heavy atom. The molecule has 0 unspecified atom stereocenters. The summed E-state index contributed by atoms with van der Waals surface area (Å²) < 4.78 is 1.08. The normalized spacial score (nSPS) is 10.7. The van der Waals surface area contributed by atoms with Crippen LogP contribution < -0.4 is 5.73 Å².